The Kier molecular flexibility index (Phi) is 5.38. The summed E-state index contributed by atoms with van der Waals surface area (Å²) in [6.07, 6.45) is 1.34. The first-order valence-corrected chi connectivity index (χ1v) is 7.31. The van der Waals surface area contributed by atoms with E-state index in [0.717, 1.165) is 23.4 Å². The Morgan fingerprint density at radius 2 is 1.81 bits per heavy atom. The molecule has 2 rings (SSSR count). The zero-order chi connectivity index (χ0) is 15.1. The van der Waals surface area contributed by atoms with Gasteiger partial charge in [-0.25, -0.2) is 0 Å². The van der Waals surface area contributed by atoms with Crippen LogP contribution in [-0.2, 0) is 17.6 Å². The fraction of sp³-hybridized carbons (Fsp3) is 0.278. The molecule has 1 amide bonds. The summed E-state index contributed by atoms with van der Waals surface area (Å²) in [4.78, 5) is 12.1. The van der Waals surface area contributed by atoms with Crippen LogP contribution in [0.1, 0.15) is 25.0 Å². The molecule has 0 aliphatic rings. The first-order valence-electron chi connectivity index (χ1n) is 7.31. The number of hydrogen-bond acceptors (Lipinski definition) is 2. The number of benzene rings is 2. The van der Waals surface area contributed by atoms with Gasteiger partial charge in [0.1, 0.15) is 5.75 Å². The normalized spacial score (nSPS) is 10.2. The van der Waals surface area contributed by atoms with Crippen molar-refractivity contribution >= 4 is 11.6 Å². The highest BCUT2D eigenvalue weighted by Gasteiger charge is 2.05. The van der Waals surface area contributed by atoms with Crippen molar-refractivity contribution in [1.82, 2.24) is 0 Å². The summed E-state index contributed by atoms with van der Waals surface area (Å²) in [7, 11) is 0. The highest BCUT2D eigenvalue weighted by molar-refractivity contribution is 5.92. The molecule has 0 spiro atoms. The lowest BCUT2D eigenvalue weighted by Gasteiger charge is -2.08. The Labute approximate surface area is 126 Å². The second-order valence-electron chi connectivity index (χ2n) is 4.86. The van der Waals surface area contributed by atoms with Gasteiger partial charge < -0.3 is 10.1 Å². The Morgan fingerprint density at radius 1 is 1.05 bits per heavy atom. The molecule has 0 aliphatic heterocycles. The van der Waals surface area contributed by atoms with E-state index in [-0.39, 0.29) is 5.91 Å². The minimum atomic E-state index is -0.0205. The van der Waals surface area contributed by atoms with Gasteiger partial charge in [0.2, 0.25) is 5.91 Å². The van der Waals surface area contributed by atoms with Crippen LogP contribution in [0.4, 0.5) is 5.69 Å². The van der Waals surface area contributed by atoms with Crippen LogP contribution in [0, 0.1) is 0 Å². The average Bonchev–Trinajstić information content (AvgIpc) is 2.48. The van der Waals surface area contributed by atoms with Crippen LogP contribution in [0.2, 0.25) is 0 Å². The molecule has 0 saturated carbocycles. The molecule has 2 aromatic carbocycles. The van der Waals surface area contributed by atoms with Crippen LogP contribution in [-0.4, -0.2) is 12.5 Å². The molecule has 0 radical (unpaired) electrons. The molecule has 1 N–H and O–H groups in total. The number of hydrogen-bond donors (Lipinski definition) is 1. The molecular weight excluding hydrogens is 262 g/mol. The number of anilines is 1. The highest BCUT2D eigenvalue weighted by Crippen LogP contribution is 2.15. The molecule has 0 unspecified atom stereocenters. The number of carbonyl (C=O) groups excluding carboxylic acids is 1. The smallest absolute Gasteiger partial charge is 0.228 e. The number of rotatable bonds is 6. The summed E-state index contributed by atoms with van der Waals surface area (Å²) in [5.41, 5.74) is 3.04. The van der Waals surface area contributed by atoms with Crippen LogP contribution < -0.4 is 10.1 Å². The van der Waals surface area contributed by atoms with E-state index in [1.807, 2.05) is 55.5 Å². The van der Waals surface area contributed by atoms with E-state index in [9.17, 15) is 4.79 Å². The number of aryl methyl sites for hydroxylation is 1. The van der Waals surface area contributed by atoms with E-state index in [1.54, 1.807) is 0 Å². The van der Waals surface area contributed by atoms with Crippen LogP contribution in [0.15, 0.2) is 48.5 Å². The minimum Gasteiger partial charge on any atom is -0.494 e. The molecular formula is C18H21NO2. The van der Waals surface area contributed by atoms with Gasteiger partial charge in [0, 0.05) is 5.69 Å². The van der Waals surface area contributed by atoms with Gasteiger partial charge in [0.15, 0.2) is 0 Å². The molecule has 0 aliphatic carbocycles. The van der Waals surface area contributed by atoms with E-state index in [1.165, 1.54) is 5.56 Å². The quantitative estimate of drug-likeness (QED) is 0.875. The zero-order valence-corrected chi connectivity index (χ0v) is 12.6. The largest absolute Gasteiger partial charge is 0.494 e. The van der Waals surface area contributed by atoms with Gasteiger partial charge >= 0.3 is 0 Å². The van der Waals surface area contributed by atoms with Gasteiger partial charge in [0.25, 0.3) is 0 Å². The molecule has 3 nitrogen and oxygen atoms in total. The monoisotopic (exact) mass is 283 g/mol. The topological polar surface area (TPSA) is 38.3 Å². The van der Waals surface area contributed by atoms with Crippen molar-refractivity contribution in [1.29, 1.82) is 0 Å². The predicted octanol–water partition coefficient (Wildman–Crippen LogP) is 3.83. The number of carbonyl (C=O) groups is 1. The maximum atomic E-state index is 12.1. The van der Waals surface area contributed by atoms with E-state index in [2.05, 4.69) is 12.2 Å². The molecule has 21 heavy (non-hydrogen) atoms. The fourth-order valence-electron chi connectivity index (χ4n) is 2.13. The van der Waals surface area contributed by atoms with Gasteiger partial charge in [-0.15, -0.1) is 0 Å². The third kappa shape index (κ3) is 4.63. The van der Waals surface area contributed by atoms with Gasteiger partial charge in [-0.1, -0.05) is 31.2 Å². The van der Waals surface area contributed by atoms with Crippen molar-refractivity contribution in [3.05, 3.63) is 59.7 Å². The standard InChI is InChI=1S/C18H21NO2/c1-3-14-8-10-16(11-9-14)19-18(20)13-15-6-5-7-17(12-15)21-4-2/h5-12H,3-4,13H2,1-2H3,(H,19,20). The van der Waals surface area contributed by atoms with Gasteiger partial charge in [-0.2, -0.15) is 0 Å². The van der Waals surface area contributed by atoms with Crippen molar-refractivity contribution in [2.75, 3.05) is 11.9 Å². The maximum Gasteiger partial charge on any atom is 0.228 e. The second kappa shape index (κ2) is 7.48. The van der Waals surface area contributed by atoms with E-state index < -0.39 is 0 Å². The lowest BCUT2D eigenvalue weighted by atomic mass is 10.1. The van der Waals surface area contributed by atoms with Crippen molar-refractivity contribution in [2.24, 2.45) is 0 Å². The number of amides is 1. The Hall–Kier alpha value is -2.29. The second-order valence-corrected chi connectivity index (χ2v) is 4.86. The van der Waals surface area contributed by atoms with Crippen LogP contribution in [0.3, 0.4) is 0 Å². The fourth-order valence-corrected chi connectivity index (χ4v) is 2.13. The average molecular weight is 283 g/mol. The maximum absolute atomic E-state index is 12.1. The molecule has 3 heteroatoms. The Balaban J connectivity index is 1.95. The van der Waals surface area contributed by atoms with Gasteiger partial charge in [-0.3, -0.25) is 4.79 Å². The zero-order valence-electron chi connectivity index (χ0n) is 12.6. The predicted molar refractivity (Wildman–Crippen MR) is 85.8 cm³/mol. The van der Waals surface area contributed by atoms with E-state index in [0.29, 0.717) is 13.0 Å². The van der Waals surface area contributed by atoms with Crippen LogP contribution >= 0.6 is 0 Å². The third-order valence-electron chi connectivity index (χ3n) is 3.22. The van der Waals surface area contributed by atoms with Crippen LogP contribution in [0.5, 0.6) is 5.75 Å². The van der Waals surface area contributed by atoms with Crippen LogP contribution in [0.25, 0.3) is 0 Å². The minimum absolute atomic E-state index is 0.0205. The SMILES string of the molecule is CCOc1cccc(CC(=O)Nc2ccc(CC)cc2)c1. The molecule has 0 heterocycles. The number of nitrogens with one attached hydrogen (secondary N) is 1. The molecule has 110 valence electrons. The summed E-state index contributed by atoms with van der Waals surface area (Å²) in [6, 6.07) is 15.6. The lowest BCUT2D eigenvalue weighted by Crippen LogP contribution is -2.14. The molecule has 0 fully saturated rings. The summed E-state index contributed by atoms with van der Waals surface area (Å²) in [6.45, 7) is 4.68. The molecule has 2 aromatic rings. The first kappa shape index (κ1) is 15.1. The molecule has 0 saturated heterocycles. The third-order valence-corrected chi connectivity index (χ3v) is 3.22. The van der Waals surface area contributed by atoms with Gasteiger partial charge in [0.05, 0.1) is 13.0 Å². The number of ether oxygens (including phenoxy) is 1. The molecule has 0 aromatic heterocycles. The summed E-state index contributed by atoms with van der Waals surface area (Å²) < 4.78 is 5.44. The van der Waals surface area contributed by atoms with E-state index >= 15 is 0 Å². The Bertz CT molecular complexity index is 590. The first-order chi connectivity index (χ1) is 10.2. The molecule has 0 atom stereocenters. The van der Waals surface area contributed by atoms with Crippen molar-refractivity contribution in [2.45, 2.75) is 26.7 Å². The summed E-state index contributed by atoms with van der Waals surface area (Å²) in [5.74, 6) is 0.781. The summed E-state index contributed by atoms with van der Waals surface area (Å²) in [5, 5.41) is 2.91. The molecule has 0 bridgehead atoms. The van der Waals surface area contributed by atoms with E-state index in [4.69, 9.17) is 4.74 Å². The lowest BCUT2D eigenvalue weighted by molar-refractivity contribution is -0.115. The van der Waals surface area contributed by atoms with Gasteiger partial charge in [-0.05, 0) is 48.7 Å². The highest BCUT2D eigenvalue weighted by atomic mass is 16.5. The van der Waals surface area contributed by atoms with Crippen molar-refractivity contribution in [3.8, 4) is 5.75 Å². The van der Waals surface area contributed by atoms with Crippen molar-refractivity contribution < 1.29 is 9.53 Å². The van der Waals surface area contributed by atoms with Crippen molar-refractivity contribution in [3.63, 3.8) is 0 Å². The Morgan fingerprint density at radius 3 is 2.48 bits per heavy atom. The summed E-state index contributed by atoms with van der Waals surface area (Å²) >= 11 is 0.